The van der Waals surface area contributed by atoms with E-state index in [0.29, 0.717) is 0 Å². The minimum atomic E-state index is -0.704. The van der Waals surface area contributed by atoms with Crippen molar-refractivity contribution in [3.8, 4) is 0 Å². The molecule has 0 aromatic heterocycles. The van der Waals surface area contributed by atoms with Crippen molar-refractivity contribution >= 4 is 15.0 Å². The van der Waals surface area contributed by atoms with Crippen LogP contribution in [0.15, 0.2) is 0 Å². The van der Waals surface area contributed by atoms with Crippen molar-refractivity contribution in [1.82, 2.24) is 0 Å². The molecule has 178 valence electrons. The Hall–Kier alpha value is 0.159. The topological polar surface area (TPSA) is 83.1 Å². The summed E-state index contributed by atoms with van der Waals surface area (Å²) in [6.45, 7) is 11.5. The van der Waals surface area contributed by atoms with Crippen LogP contribution in [-0.4, -0.2) is 94.7 Å². The third-order valence-corrected chi connectivity index (χ3v) is 8.52. The molecule has 5 aliphatic rings. The van der Waals surface area contributed by atoms with Crippen molar-refractivity contribution in [2.45, 2.75) is 125 Å². The molecule has 0 aliphatic carbocycles. The molecule has 5 fully saturated rings. The van der Waals surface area contributed by atoms with Gasteiger partial charge in [-0.1, -0.05) is 0 Å². The molecule has 0 unspecified atom stereocenters. The molecule has 9 atom stereocenters. The summed E-state index contributed by atoms with van der Waals surface area (Å²) in [6.07, 6.45) is -2.06. The minimum absolute atomic E-state index is 0.0638. The molecule has 5 aliphatic heterocycles. The summed E-state index contributed by atoms with van der Waals surface area (Å²) >= 11 is 0.223. The van der Waals surface area contributed by atoms with E-state index in [2.05, 4.69) is 0 Å². The molecule has 10 heteroatoms. The van der Waals surface area contributed by atoms with Crippen LogP contribution in [0.1, 0.15) is 41.5 Å². The van der Waals surface area contributed by atoms with Crippen LogP contribution in [0.5, 0.6) is 0 Å². The van der Waals surface area contributed by atoms with E-state index in [4.69, 9.17) is 42.6 Å². The first-order valence-corrected chi connectivity index (χ1v) is 13.4. The van der Waals surface area contributed by atoms with Gasteiger partial charge in [-0.15, -0.1) is 0 Å². The monoisotopic (exact) mass is 510 g/mol. The maximum atomic E-state index is 6.32. The van der Waals surface area contributed by atoms with Crippen molar-refractivity contribution in [1.29, 1.82) is 0 Å². The Morgan fingerprint density at radius 1 is 0.613 bits per heavy atom. The summed E-state index contributed by atoms with van der Waals surface area (Å²) in [5, 5.41) is 1.71. The van der Waals surface area contributed by atoms with E-state index in [1.807, 2.05) is 41.5 Å². The van der Waals surface area contributed by atoms with Crippen LogP contribution in [0, 0.1) is 0 Å². The van der Waals surface area contributed by atoms with Gasteiger partial charge in [-0.05, 0) is 0 Å². The second-order valence-corrected chi connectivity index (χ2v) is 12.3. The van der Waals surface area contributed by atoms with E-state index >= 15 is 0 Å². The molecule has 5 saturated heterocycles. The van der Waals surface area contributed by atoms with Crippen molar-refractivity contribution in [3.05, 3.63) is 0 Å². The zero-order chi connectivity index (χ0) is 22.2. The van der Waals surface area contributed by atoms with Gasteiger partial charge in [0.25, 0.3) is 0 Å². The van der Waals surface area contributed by atoms with E-state index in [9.17, 15) is 0 Å². The molecule has 9 nitrogen and oxygen atoms in total. The molecular formula is C21H34O9Se. The average molecular weight is 509 g/mol. The van der Waals surface area contributed by atoms with Crippen LogP contribution in [0.4, 0.5) is 0 Å². The van der Waals surface area contributed by atoms with E-state index in [1.165, 1.54) is 0 Å². The number of hydrogen-bond acceptors (Lipinski definition) is 9. The quantitative estimate of drug-likeness (QED) is 0.516. The normalized spacial score (nSPS) is 49.1. The fourth-order valence-corrected chi connectivity index (χ4v) is 7.48. The average Bonchev–Trinajstić information content (AvgIpc) is 3.33. The van der Waals surface area contributed by atoms with Crippen LogP contribution in [0.3, 0.4) is 0 Å². The van der Waals surface area contributed by atoms with Gasteiger partial charge < -0.3 is 0 Å². The van der Waals surface area contributed by atoms with Gasteiger partial charge in [0.05, 0.1) is 0 Å². The third kappa shape index (κ3) is 4.35. The van der Waals surface area contributed by atoms with Gasteiger partial charge in [-0.25, -0.2) is 0 Å². The predicted octanol–water partition coefficient (Wildman–Crippen LogP) is 1.82. The fraction of sp³-hybridized carbons (Fsp3) is 1.00. The van der Waals surface area contributed by atoms with Crippen LogP contribution >= 0.6 is 0 Å². The summed E-state index contributed by atoms with van der Waals surface area (Å²) in [6, 6.07) is 0. The Morgan fingerprint density at radius 3 is 1.74 bits per heavy atom. The van der Waals surface area contributed by atoms with Gasteiger partial charge >= 0.3 is 190 Å². The molecule has 5 heterocycles. The zero-order valence-electron chi connectivity index (χ0n) is 19.2. The Morgan fingerprint density at radius 2 is 1.10 bits per heavy atom. The van der Waals surface area contributed by atoms with Gasteiger partial charge in [-0.2, -0.15) is 0 Å². The molecule has 0 aromatic carbocycles. The van der Waals surface area contributed by atoms with Crippen LogP contribution in [-0.2, 0) is 42.6 Å². The Kier molecular flexibility index (Phi) is 5.80. The summed E-state index contributed by atoms with van der Waals surface area (Å²) in [4.78, 5) is 0. The second-order valence-electron chi connectivity index (χ2n) is 10.1. The first-order chi connectivity index (χ1) is 14.5. The molecule has 0 bridgehead atoms. The molecule has 0 N–H and O–H groups in total. The standard InChI is InChI=1S/C21H34O9Se/c1-19(2)25-12-10(24-18-16(14(12)27-19)29-21(5,6)30-18)8-31-9-11-13-15(17(22-7)23-11)28-20(3,4)26-13/h10-18H,8-9H2,1-7H3/t10-,11-,12+,13-,14+,15-,16-,17-,18-/m1/s1. The molecule has 31 heavy (non-hydrogen) atoms. The first-order valence-electron chi connectivity index (χ1n) is 11.0. The summed E-state index contributed by atoms with van der Waals surface area (Å²) in [5.41, 5.74) is 0. The van der Waals surface area contributed by atoms with Crippen LogP contribution in [0.2, 0.25) is 10.6 Å². The maximum absolute atomic E-state index is 6.32. The number of rotatable bonds is 5. The Balaban J connectivity index is 1.22. The second kappa shape index (κ2) is 7.85. The van der Waals surface area contributed by atoms with Crippen LogP contribution in [0.25, 0.3) is 0 Å². The van der Waals surface area contributed by atoms with Gasteiger partial charge in [0, 0.05) is 0 Å². The first kappa shape index (κ1) is 22.9. The molecule has 0 radical (unpaired) electrons. The van der Waals surface area contributed by atoms with Crippen LogP contribution < -0.4 is 0 Å². The third-order valence-electron chi connectivity index (χ3n) is 6.15. The Bertz CT molecular complexity index is 686. The molecular weight excluding hydrogens is 475 g/mol. The molecule has 0 aromatic rings. The summed E-state index contributed by atoms with van der Waals surface area (Å²) in [5.74, 6) is -2.00. The van der Waals surface area contributed by atoms with Gasteiger partial charge in [0.15, 0.2) is 0 Å². The number of hydrogen-bond donors (Lipinski definition) is 0. The Labute approximate surface area is 189 Å². The fourth-order valence-electron chi connectivity index (χ4n) is 5.09. The molecule has 5 rings (SSSR count). The van der Waals surface area contributed by atoms with E-state index in [1.54, 1.807) is 7.11 Å². The SMILES string of the molecule is CO[C@@H]1O[C@H](C[Se]C[C@H]2O[C@@H]3OC(C)(C)O[C@@H]3[C@H]3OC(C)(C)O[C@H]32)[C@H]2OC(C)(C)O[C@@H]12. The van der Waals surface area contributed by atoms with Gasteiger partial charge in [0.1, 0.15) is 0 Å². The van der Waals surface area contributed by atoms with Crippen molar-refractivity contribution in [2.75, 3.05) is 7.11 Å². The molecule has 0 amide bonds. The summed E-state index contributed by atoms with van der Waals surface area (Å²) < 4.78 is 54.5. The predicted molar refractivity (Wildman–Crippen MR) is 107 cm³/mol. The zero-order valence-corrected chi connectivity index (χ0v) is 20.9. The van der Waals surface area contributed by atoms with E-state index in [-0.39, 0.29) is 57.7 Å². The molecule has 0 spiro atoms. The molecule has 0 saturated carbocycles. The number of ether oxygens (including phenoxy) is 9. The van der Waals surface area contributed by atoms with Crippen molar-refractivity contribution < 1.29 is 42.6 Å². The van der Waals surface area contributed by atoms with Crippen molar-refractivity contribution in [2.24, 2.45) is 0 Å². The summed E-state index contributed by atoms with van der Waals surface area (Å²) in [7, 11) is 1.64. The van der Waals surface area contributed by atoms with Crippen molar-refractivity contribution in [3.63, 3.8) is 0 Å². The van der Waals surface area contributed by atoms with E-state index < -0.39 is 29.9 Å². The van der Waals surface area contributed by atoms with Gasteiger partial charge in [0.2, 0.25) is 0 Å². The van der Waals surface area contributed by atoms with E-state index in [0.717, 1.165) is 10.6 Å². The number of fused-ring (bicyclic) bond motifs is 4. The number of methoxy groups -OCH3 is 1. The van der Waals surface area contributed by atoms with Gasteiger partial charge in [-0.3, -0.25) is 0 Å².